The normalized spacial score (nSPS) is 10.5. The highest BCUT2D eigenvalue weighted by molar-refractivity contribution is 5.89. The minimum atomic E-state index is -0.303. The molecule has 0 fully saturated rings. The number of aryl methyl sites for hydroxylation is 1. The van der Waals surface area contributed by atoms with Gasteiger partial charge >= 0.3 is 11.9 Å². The highest BCUT2D eigenvalue weighted by atomic mass is 16.5. The van der Waals surface area contributed by atoms with Gasteiger partial charge in [0.05, 0.1) is 18.8 Å². The zero-order chi connectivity index (χ0) is 30.6. The highest BCUT2D eigenvalue weighted by Gasteiger charge is 2.12. The number of para-hydroxylation sites is 1. The molecule has 0 atom stereocenters. The van der Waals surface area contributed by atoms with Gasteiger partial charge in [-0.25, -0.2) is 4.79 Å². The van der Waals surface area contributed by atoms with Gasteiger partial charge in [0.15, 0.2) is 0 Å². The van der Waals surface area contributed by atoms with Gasteiger partial charge in [-0.2, -0.15) is 0 Å². The Morgan fingerprint density at radius 2 is 1.36 bits per heavy atom. The molecule has 3 aromatic rings. The predicted octanol–water partition coefficient (Wildman–Crippen LogP) is 7.81. The summed E-state index contributed by atoms with van der Waals surface area (Å²) >= 11 is 0. The lowest BCUT2D eigenvalue weighted by Crippen LogP contribution is -2.27. The number of hydrogen-bond donors (Lipinski definition) is 0. The monoisotopic (exact) mass is 575 g/mol. The van der Waals surface area contributed by atoms with Crippen LogP contribution in [0, 0.1) is 0 Å². The smallest absolute Gasteiger partial charge is 0.338 e. The van der Waals surface area contributed by atoms with Gasteiger partial charge in [0.1, 0.15) is 12.4 Å². The van der Waals surface area contributed by atoms with Crippen LogP contribution < -0.4 is 4.74 Å². The number of unbranched alkanes of at least 4 members (excludes halogenated alkanes) is 1. The lowest BCUT2D eigenvalue weighted by molar-refractivity contribution is -0.143. The Morgan fingerprint density at radius 3 is 2.02 bits per heavy atom. The highest BCUT2D eigenvalue weighted by Crippen LogP contribution is 2.21. The molecule has 0 radical (unpaired) electrons. The second kappa shape index (κ2) is 20.3. The topological polar surface area (TPSA) is 65.1 Å². The van der Waals surface area contributed by atoms with E-state index in [0.717, 1.165) is 62.2 Å². The predicted molar refractivity (Wildman–Crippen MR) is 170 cm³/mol. The number of rotatable bonds is 17. The van der Waals surface area contributed by atoms with Gasteiger partial charge in [-0.15, -0.1) is 0 Å². The molecule has 228 valence electrons. The summed E-state index contributed by atoms with van der Waals surface area (Å²) in [6.45, 7) is 13.5. The van der Waals surface area contributed by atoms with Gasteiger partial charge < -0.3 is 14.2 Å². The Labute approximate surface area is 253 Å². The molecule has 0 amide bonds. The first-order chi connectivity index (χ1) is 20.5. The van der Waals surface area contributed by atoms with Crippen molar-refractivity contribution in [2.45, 2.75) is 79.9 Å². The number of carbonyl (C=O) groups excluding carboxylic acids is 2. The first kappa shape index (κ1) is 34.6. The van der Waals surface area contributed by atoms with Crippen molar-refractivity contribution in [1.29, 1.82) is 0 Å². The quantitative estimate of drug-likeness (QED) is 0.121. The van der Waals surface area contributed by atoms with Crippen LogP contribution in [0.15, 0.2) is 72.8 Å². The van der Waals surface area contributed by atoms with Crippen molar-refractivity contribution >= 4 is 11.9 Å². The van der Waals surface area contributed by atoms with E-state index in [2.05, 4.69) is 48.2 Å². The molecule has 42 heavy (non-hydrogen) atoms. The number of nitrogens with zero attached hydrogens (tertiary/aromatic N) is 1. The fourth-order valence-corrected chi connectivity index (χ4v) is 4.49. The van der Waals surface area contributed by atoms with Gasteiger partial charge in [-0.1, -0.05) is 75.4 Å². The zero-order valence-corrected chi connectivity index (χ0v) is 26.2. The molecule has 0 bridgehead atoms. The fraction of sp³-hybridized carbons (Fsp3) is 0.444. The van der Waals surface area contributed by atoms with E-state index in [1.807, 2.05) is 57.2 Å². The average molecular weight is 576 g/mol. The third-order valence-corrected chi connectivity index (χ3v) is 6.78. The Morgan fingerprint density at radius 1 is 0.714 bits per heavy atom. The summed E-state index contributed by atoms with van der Waals surface area (Å²) in [7, 11) is 0. The fourth-order valence-electron chi connectivity index (χ4n) is 4.49. The number of ether oxygens (including phenoxy) is 3. The van der Waals surface area contributed by atoms with Crippen LogP contribution in [0.4, 0.5) is 0 Å². The molecule has 6 heteroatoms. The lowest BCUT2D eigenvalue weighted by Gasteiger charge is -2.23. The molecule has 3 aromatic carbocycles. The number of carbonyl (C=O) groups is 2. The van der Waals surface area contributed by atoms with E-state index in [-0.39, 0.29) is 11.9 Å². The first-order valence-electron chi connectivity index (χ1n) is 15.4. The molecule has 0 saturated heterocycles. The first-order valence-corrected chi connectivity index (χ1v) is 15.4. The summed E-state index contributed by atoms with van der Waals surface area (Å²) in [5, 5.41) is 0. The van der Waals surface area contributed by atoms with Gasteiger partial charge in [0.25, 0.3) is 0 Å². The summed E-state index contributed by atoms with van der Waals surface area (Å²) in [6.07, 6.45) is 3.98. The Hall–Kier alpha value is -3.64. The minimum absolute atomic E-state index is 0.140. The van der Waals surface area contributed by atoms with E-state index in [0.29, 0.717) is 31.8 Å². The second-order valence-corrected chi connectivity index (χ2v) is 9.77. The molecular formula is C36H49NO5. The summed E-state index contributed by atoms with van der Waals surface area (Å²) in [4.78, 5) is 26.2. The summed E-state index contributed by atoms with van der Waals surface area (Å²) in [5.74, 6) is 0.463. The molecule has 0 saturated carbocycles. The van der Waals surface area contributed by atoms with Gasteiger partial charge in [0.2, 0.25) is 0 Å². The largest absolute Gasteiger partial charge is 0.489 e. The van der Waals surface area contributed by atoms with E-state index in [1.54, 1.807) is 6.92 Å². The van der Waals surface area contributed by atoms with E-state index in [9.17, 15) is 9.59 Å². The Bertz CT molecular complexity index is 1170. The number of benzene rings is 3. The second-order valence-electron chi connectivity index (χ2n) is 9.77. The Kier molecular flexibility index (Phi) is 16.7. The van der Waals surface area contributed by atoms with Gasteiger partial charge in [-0.05, 0) is 86.5 Å². The van der Waals surface area contributed by atoms with Gasteiger partial charge in [0, 0.05) is 19.5 Å². The maximum Gasteiger partial charge on any atom is 0.338 e. The molecule has 0 aliphatic heterocycles. The molecule has 3 rings (SSSR count). The number of esters is 2. The molecule has 0 aliphatic rings. The molecule has 0 N–H and O–H groups in total. The van der Waals surface area contributed by atoms with Crippen molar-refractivity contribution in [3.8, 4) is 5.75 Å². The van der Waals surface area contributed by atoms with Crippen molar-refractivity contribution in [3.05, 3.63) is 101 Å². The molecule has 0 aromatic heterocycles. The zero-order valence-electron chi connectivity index (χ0n) is 26.2. The van der Waals surface area contributed by atoms with Crippen LogP contribution in [0.3, 0.4) is 0 Å². The number of hydrogen-bond acceptors (Lipinski definition) is 6. The van der Waals surface area contributed by atoms with Crippen molar-refractivity contribution in [2.24, 2.45) is 0 Å². The molecule has 6 nitrogen and oxygen atoms in total. The van der Waals surface area contributed by atoms with Crippen molar-refractivity contribution < 1.29 is 23.8 Å². The minimum Gasteiger partial charge on any atom is -0.489 e. The summed E-state index contributed by atoms with van der Waals surface area (Å²) < 4.78 is 16.4. The molecule has 0 heterocycles. The van der Waals surface area contributed by atoms with Crippen LogP contribution in [0.5, 0.6) is 5.75 Å². The van der Waals surface area contributed by atoms with Gasteiger partial charge in [-0.3, -0.25) is 9.69 Å². The third-order valence-electron chi connectivity index (χ3n) is 6.78. The standard InChI is InChI=1S/C34H43NO5.C2H6/c1-4-27-14-16-29(17-15-27)26-40-32-12-8-7-11-30(32)22-24-35(23-10-9-13-33(36)38-5-2)25-28-18-20-31(21-19-28)34(37)39-6-3;1-2/h7-8,11-12,14-21H,4-6,9-10,13,22-26H2,1-3H3;1-2H3. The van der Waals surface area contributed by atoms with Crippen LogP contribution in [-0.2, 0) is 40.3 Å². The lowest BCUT2D eigenvalue weighted by atomic mass is 10.1. The van der Waals surface area contributed by atoms with Crippen LogP contribution in [-0.4, -0.2) is 43.1 Å². The Balaban J connectivity index is 0.00000301. The summed E-state index contributed by atoms with van der Waals surface area (Å²) in [5.41, 5.74) is 5.32. The van der Waals surface area contributed by atoms with Crippen LogP contribution >= 0.6 is 0 Å². The van der Waals surface area contributed by atoms with Crippen molar-refractivity contribution in [1.82, 2.24) is 4.90 Å². The SMILES string of the molecule is CC.CCOC(=O)CCCCN(CCc1ccccc1OCc1ccc(CC)cc1)Cc1ccc(C(=O)OCC)cc1. The summed E-state index contributed by atoms with van der Waals surface area (Å²) in [6, 6.07) is 24.4. The maximum atomic E-state index is 12.0. The molecule has 0 unspecified atom stereocenters. The molecule has 0 spiro atoms. The molecule has 0 aliphatic carbocycles. The van der Waals surface area contributed by atoms with Crippen molar-refractivity contribution in [3.63, 3.8) is 0 Å². The van der Waals surface area contributed by atoms with E-state index in [1.165, 1.54) is 11.1 Å². The van der Waals surface area contributed by atoms with E-state index < -0.39 is 0 Å². The average Bonchev–Trinajstić information content (AvgIpc) is 3.03. The van der Waals surface area contributed by atoms with Crippen LogP contribution in [0.2, 0.25) is 0 Å². The molecular weight excluding hydrogens is 526 g/mol. The van der Waals surface area contributed by atoms with E-state index >= 15 is 0 Å². The van der Waals surface area contributed by atoms with Crippen molar-refractivity contribution in [2.75, 3.05) is 26.3 Å². The van der Waals surface area contributed by atoms with E-state index in [4.69, 9.17) is 14.2 Å². The maximum absolute atomic E-state index is 12.0. The van der Waals surface area contributed by atoms with Crippen LogP contribution in [0.25, 0.3) is 0 Å². The third kappa shape index (κ3) is 12.5. The van der Waals surface area contributed by atoms with Crippen LogP contribution in [0.1, 0.15) is 86.5 Å².